The fourth-order valence-electron chi connectivity index (χ4n) is 2.70. The number of aryl methyl sites for hydroxylation is 2. The van der Waals surface area contributed by atoms with E-state index in [0.717, 1.165) is 24.5 Å². The van der Waals surface area contributed by atoms with Gasteiger partial charge in [0.15, 0.2) is 0 Å². The summed E-state index contributed by atoms with van der Waals surface area (Å²) < 4.78 is 1.68. The van der Waals surface area contributed by atoms with Crippen LogP contribution in [-0.4, -0.2) is 22.4 Å². The Morgan fingerprint density at radius 2 is 1.61 bits per heavy atom. The van der Waals surface area contributed by atoms with Crippen molar-refractivity contribution in [2.45, 2.75) is 78.1 Å². The highest BCUT2D eigenvalue weighted by atomic mass is 16.2. The van der Waals surface area contributed by atoms with Gasteiger partial charge in [-0.05, 0) is 13.3 Å². The Labute approximate surface area is 141 Å². The zero-order chi connectivity index (χ0) is 16.9. The summed E-state index contributed by atoms with van der Waals surface area (Å²) in [4.78, 5) is 11.8. The standard InChI is InChI=1S/C18H34N4O/c1-4-5-6-7-8-9-10-11-12-13-14-19-18(23)20-17-15-16(2)21-22(17)3/h15H,4-14H2,1-3H3,(H2,19,20,23). The van der Waals surface area contributed by atoms with Gasteiger partial charge in [-0.1, -0.05) is 64.7 Å². The molecule has 0 unspecified atom stereocenters. The van der Waals surface area contributed by atoms with Crippen molar-refractivity contribution >= 4 is 11.8 Å². The van der Waals surface area contributed by atoms with Gasteiger partial charge in [0, 0.05) is 19.7 Å². The summed E-state index contributed by atoms with van der Waals surface area (Å²) in [6.45, 7) is 4.90. The van der Waals surface area contributed by atoms with Crippen LogP contribution < -0.4 is 10.6 Å². The Morgan fingerprint density at radius 1 is 1.04 bits per heavy atom. The van der Waals surface area contributed by atoms with Crippen molar-refractivity contribution in [1.82, 2.24) is 15.1 Å². The number of rotatable bonds is 12. The largest absolute Gasteiger partial charge is 0.338 e. The quantitative estimate of drug-likeness (QED) is 0.544. The molecular weight excluding hydrogens is 288 g/mol. The summed E-state index contributed by atoms with van der Waals surface area (Å²) in [5.74, 6) is 0.725. The van der Waals surface area contributed by atoms with Gasteiger partial charge in [0.05, 0.1) is 5.69 Å². The second-order valence-electron chi connectivity index (χ2n) is 6.36. The molecule has 0 fully saturated rings. The molecule has 2 N–H and O–H groups in total. The number of carbonyl (C=O) groups is 1. The second kappa shape index (κ2) is 12.0. The van der Waals surface area contributed by atoms with E-state index in [1.807, 2.05) is 20.0 Å². The number of unbranched alkanes of at least 4 members (excludes halogenated alkanes) is 9. The minimum absolute atomic E-state index is 0.149. The van der Waals surface area contributed by atoms with Crippen molar-refractivity contribution in [1.29, 1.82) is 0 Å². The first-order valence-electron chi connectivity index (χ1n) is 9.19. The first kappa shape index (κ1) is 19.5. The van der Waals surface area contributed by atoms with Gasteiger partial charge in [0.25, 0.3) is 0 Å². The van der Waals surface area contributed by atoms with Crippen LogP contribution in [0.25, 0.3) is 0 Å². The van der Waals surface area contributed by atoms with Crippen molar-refractivity contribution in [2.24, 2.45) is 7.05 Å². The fourth-order valence-corrected chi connectivity index (χ4v) is 2.70. The van der Waals surface area contributed by atoms with Gasteiger partial charge < -0.3 is 5.32 Å². The molecule has 0 radical (unpaired) electrons. The van der Waals surface area contributed by atoms with E-state index in [0.29, 0.717) is 0 Å². The number of amides is 2. The first-order valence-corrected chi connectivity index (χ1v) is 9.19. The monoisotopic (exact) mass is 322 g/mol. The molecule has 132 valence electrons. The third kappa shape index (κ3) is 9.26. The summed E-state index contributed by atoms with van der Waals surface area (Å²) >= 11 is 0. The molecule has 2 amide bonds. The van der Waals surface area contributed by atoms with Gasteiger partial charge in [0.1, 0.15) is 5.82 Å². The topological polar surface area (TPSA) is 59.0 Å². The molecule has 0 saturated carbocycles. The van der Waals surface area contributed by atoms with E-state index in [1.54, 1.807) is 4.68 Å². The maximum absolute atomic E-state index is 11.8. The number of hydrogen-bond donors (Lipinski definition) is 2. The van der Waals surface area contributed by atoms with Crippen LogP contribution in [0.15, 0.2) is 6.07 Å². The van der Waals surface area contributed by atoms with E-state index in [1.165, 1.54) is 57.8 Å². The summed E-state index contributed by atoms with van der Waals surface area (Å²) in [7, 11) is 1.82. The van der Waals surface area contributed by atoms with Gasteiger partial charge in [0.2, 0.25) is 0 Å². The first-order chi connectivity index (χ1) is 11.1. The van der Waals surface area contributed by atoms with Crippen molar-refractivity contribution < 1.29 is 4.79 Å². The molecule has 0 bridgehead atoms. The molecule has 0 atom stereocenters. The van der Waals surface area contributed by atoms with Crippen molar-refractivity contribution in [3.8, 4) is 0 Å². The van der Waals surface area contributed by atoms with Crippen LogP contribution in [0.5, 0.6) is 0 Å². The van der Waals surface area contributed by atoms with E-state index < -0.39 is 0 Å². The molecule has 5 heteroatoms. The molecule has 0 aliphatic carbocycles. The summed E-state index contributed by atoms with van der Waals surface area (Å²) in [5.41, 5.74) is 0.900. The molecule has 0 aliphatic heterocycles. The minimum Gasteiger partial charge on any atom is -0.338 e. The molecular formula is C18H34N4O. The third-order valence-electron chi connectivity index (χ3n) is 4.06. The van der Waals surface area contributed by atoms with E-state index >= 15 is 0 Å². The van der Waals surface area contributed by atoms with Gasteiger partial charge in [-0.3, -0.25) is 10.00 Å². The second-order valence-corrected chi connectivity index (χ2v) is 6.36. The summed E-state index contributed by atoms with van der Waals surface area (Å²) in [6.07, 6.45) is 13.1. The van der Waals surface area contributed by atoms with Crippen LogP contribution in [0.4, 0.5) is 10.6 Å². The molecule has 1 heterocycles. The normalized spacial score (nSPS) is 10.7. The van der Waals surface area contributed by atoms with Gasteiger partial charge in [-0.15, -0.1) is 0 Å². The highest BCUT2D eigenvalue weighted by Crippen LogP contribution is 2.10. The molecule has 0 spiro atoms. The summed E-state index contributed by atoms with van der Waals surface area (Å²) in [6, 6.07) is 1.71. The number of urea groups is 1. The molecule has 0 saturated heterocycles. The van der Waals surface area contributed by atoms with E-state index in [-0.39, 0.29) is 6.03 Å². The number of hydrogen-bond acceptors (Lipinski definition) is 2. The number of carbonyl (C=O) groups excluding carboxylic acids is 1. The number of anilines is 1. The zero-order valence-corrected chi connectivity index (χ0v) is 15.2. The van der Waals surface area contributed by atoms with E-state index in [2.05, 4.69) is 22.7 Å². The molecule has 1 aromatic rings. The average molecular weight is 322 g/mol. The SMILES string of the molecule is CCCCCCCCCCCCNC(=O)Nc1cc(C)nn1C. The Hall–Kier alpha value is -1.52. The van der Waals surface area contributed by atoms with Crippen molar-refractivity contribution in [2.75, 3.05) is 11.9 Å². The van der Waals surface area contributed by atoms with Crippen LogP contribution in [0.1, 0.15) is 76.8 Å². The lowest BCUT2D eigenvalue weighted by Crippen LogP contribution is -2.30. The Balaban J connectivity index is 1.92. The number of nitrogens with one attached hydrogen (secondary N) is 2. The Kier molecular flexibility index (Phi) is 10.2. The molecule has 23 heavy (non-hydrogen) atoms. The Morgan fingerprint density at radius 3 is 2.13 bits per heavy atom. The smallest absolute Gasteiger partial charge is 0.320 e. The third-order valence-corrected chi connectivity index (χ3v) is 4.06. The lowest BCUT2D eigenvalue weighted by Gasteiger charge is -2.07. The molecule has 5 nitrogen and oxygen atoms in total. The highest BCUT2D eigenvalue weighted by molar-refractivity contribution is 5.88. The van der Waals surface area contributed by atoms with Crippen LogP contribution in [0.2, 0.25) is 0 Å². The van der Waals surface area contributed by atoms with Crippen LogP contribution >= 0.6 is 0 Å². The van der Waals surface area contributed by atoms with E-state index in [4.69, 9.17) is 0 Å². The molecule has 1 aromatic heterocycles. The predicted molar refractivity (Wildman–Crippen MR) is 96.8 cm³/mol. The zero-order valence-electron chi connectivity index (χ0n) is 15.2. The number of aromatic nitrogens is 2. The lowest BCUT2D eigenvalue weighted by atomic mass is 10.1. The maximum Gasteiger partial charge on any atom is 0.320 e. The van der Waals surface area contributed by atoms with Crippen LogP contribution in [-0.2, 0) is 7.05 Å². The highest BCUT2D eigenvalue weighted by Gasteiger charge is 2.05. The lowest BCUT2D eigenvalue weighted by molar-refractivity contribution is 0.251. The minimum atomic E-state index is -0.149. The predicted octanol–water partition coefficient (Wildman–Crippen LogP) is 4.77. The van der Waals surface area contributed by atoms with Crippen LogP contribution in [0.3, 0.4) is 0 Å². The molecule has 0 aliphatic rings. The number of nitrogens with zero attached hydrogens (tertiary/aromatic N) is 2. The van der Waals surface area contributed by atoms with Crippen molar-refractivity contribution in [3.63, 3.8) is 0 Å². The Bertz CT molecular complexity index is 442. The van der Waals surface area contributed by atoms with Crippen molar-refractivity contribution in [3.05, 3.63) is 11.8 Å². The maximum atomic E-state index is 11.8. The van der Waals surface area contributed by atoms with Crippen LogP contribution in [0, 0.1) is 6.92 Å². The fraction of sp³-hybridized carbons (Fsp3) is 0.778. The molecule has 0 aromatic carbocycles. The van der Waals surface area contributed by atoms with Gasteiger partial charge >= 0.3 is 6.03 Å². The average Bonchev–Trinajstić information content (AvgIpc) is 2.82. The van der Waals surface area contributed by atoms with Gasteiger partial charge in [-0.2, -0.15) is 5.10 Å². The van der Waals surface area contributed by atoms with E-state index in [9.17, 15) is 4.79 Å². The van der Waals surface area contributed by atoms with Gasteiger partial charge in [-0.25, -0.2) is 4.79 Å². The molecule has 1 rings (SSSR count). The summed E-state index contributed by atoms with van der Waals surface area (Å²) in [5, 5.41) is 9.92.